The van der Waals surface area contributed by atoms with Crippen molar-refractivity contribution in [3.8, 4) is 11.5 Å². The van der Waals surface area contributed by atoms with Gasteiger partial charge in [-0.15, -0.1) is 0 Å². The molecule has 1 N–H and O–H groups in total. The summed E-state index contributed by atoms with van der Waals surface area (Å²) in [6.45, 7) is 0. The van der Waals surface area contributed by atoms with Crippen LogP contribution >= 0.6 is 0 Å². The third-order valence-corrected chi connectivity index (χ3v) is 2.90. The van der Waals surface area contributed by atoms with Crippen LogP contribution in [-0.2, 0) is 0 Å². The number of carbonyl (C=O) groups is 1. The molecule has 4 heteroatoms. The summed E-state index contributed by atoms with van der Waals surface area (Å²) in [6, 6.07) is 4.71. The first-order valence-corrected chi connectivity index (χ1v) is 4.94. The summed E-state index contributed by atoms with van der Waals surface area (Å²) in [6.07, 6.45) is 2.86. The molecular formula is C11H10O4. The lowest BCUT2D eigenvalue weighted by molar-refractivity contribution is -0.138. The van der Waals surface area contributed by atoms with Crippen molar-refractivity contribution in [1.29, 1.82) is 0 Å². The van der Waals surface area contributed by atoms with Crippen molar-refractivity contribution in [1.82, 2.24) is 0 Å². The van der Waals surface area contributed by atoms with E-state index in [1.54, 1.807) is 6.07 Å². The number of rotatable bonds is 1. The fourth-order valence-corrected chi connectivity index (χ4v) is 1.90. The molecule has 78 valence electrons. The maximum absolute atomic E-state index is 10.7. The number of carboxylic acid groups (broad SMARTS) is 1. The molecule has 0 atom stereocenters. The number of aromatic carboxylic acids is 1. The van der Waals surface area contributed by atoms with Crippen LogP contribution in [0.1, 0.15) is 29.6 Å². The largest absolute Gasteiger partial charge is 0.478 e. The summed E-state index contributed by atoms with van der Waals surface area (Å²) < 4.78 is 11.3. The standard InChI is InChI=1S/C11H10O4/c12-10(13)7-2-3-8-9(6-7)15-11(14-8)4-1-5-11/h2-3,6H,1,4-5H2,(H,12,13). The van der Waals surface area contributed by atoms with Gasteiger partial charge in [-0.1, -0.05) is 0 Å². The first-order valence-electron chi connectivity index (χ1n) is 4.94. The molecule has 1 saturated carbocycles. The van der Waals surface area contributed by atoms with Crippen LogP contribution in [0.2, 0.25) is 0 Å². The number of hydrogen-bond donors (Lipinski definition) is 1. The lowest BCUT2D eigenvalue weighted by Crippen LogP contribution is -2.45. The molecule has 1 aromatic carbocycles. The summed E-state index contributed by atoms with van der Waals surface area (Å²) in [5, 5.41) is 8.82. The maximum atomic E-state index is 10.7. The zero-order valence-electron chi connectivity index (χ0n) is 8.03. The molecule has 1 spiro atoms. The molecule has 1 fully saturated rings. The van der Waals surface area contributed by atoms with Crippen molar-refractivity contribution >= 4 is 5.97 Å². The first kappa shape index (κ1) is 8.59. The van der Waals surface area contributed by atoms with Crippen LogP contribution in [0.15, 0.2) is 18.2 Å². The Balaban J connectivity index is 1.96. The van der Waals surface area contributed by atoms with Crippen molar-refractivity contribution < 1.29 is 19.4 Å². The molecule has 0 amide bonds. The zero-order valence-corrected chi connectivity index (χ0v) is 8.03. The van der Waals surface area contributed by atoms with E-state index in [1.807, 2.05) is 0 Å². The summed E-state index contributed by atoms with van der Waals surface area (Å²) in [5.74, 6) is -0.232. The van der Waals surface area contributed by atoms with Gasteiger partial charge in [0.25, 0.3) is 5.79 Å². The minimum Gasteiger partial charge on any atom is -0.478 e. The van der Waals surface area contributed by atoms with E-state index in [-0.39, 0.29) is 5.56 Å². The van der Waals surface area contributed by atoms with E-state index in [0.29, 0.717) is 11.5 Å². The van der Waals surface area contributed by atoms with Crippen LogP contribution in [0.25, 0.3) is 0 Å². The van der Waals surface area contributed by atoms with Gasteiger partial charge in [0.2, 0.25) is 0 Å². The normalized spacial score (nSPS) is 20.0. The predicted molar refractivity (Wildman–Crippen MR) is 51.2 cm³/mol. The molecular weight excluding hydrogens is 196 g/mol. The smallest absolute Gasteiger partial charge is 0.335 e. The molecule has 0 saturated heterocycles. The van der Waals surface area contributed by atoms with Gasteiger partial charge in [-0.05, 0) is 24.6 Å². The van der Waals surface area contributed by atoms with Gasteiger partial charge in [0.1, 0.15) is 0 Å². The van der Waals surface area contributed by atoms with Crippen LogP contribution in [0.5, 0.6) is 11.5 Å². The molecule has 4 nitrogen and oxygen atoms in total. The van der Waals surface area contributed by atoms with Gasteiger partial charge in [0, 0.05) is 12.8 Å². The van der Waals surface area contributed by atoms with Crippen LogP contribution in [0.3, 0.4) is 0 Å². The van der Waals surface area contributed by atoms with E-state index in [4.69, 9.17) is 14.6 Å². The summed E-state index contributed by atoms with van der Waals surface area (Å²) >= 11 is 0. The second kappa shape index (κ2) is 2.66. The second-order valence-corrected chi connectivity index (χ2v) is 3.94. The quantitative estimate of drug-likeness (QED) is 0.763. The predicted octanol–water partition coefficient (Wildman–Crippen LogP) is 2.04. The lowest BCUT2D eigenvalue weighted by atomic mass is 9.91. The topological polar surface area (TPSA) is 55.8 Å². The van der Waals surface area contributed by atoms with Crippen LogP contribution in [0, 0.1) is 0 Å². The van der Waals surface area contributed by atoms with E-state index in [2.05, 4.69) is 0 Å². The fraction of sp³-hybridized carbons (Fsp3) is 0.364. The summed E-state index contributed by atoms with van der Waals surface area (Å²) in [5.41, 5.74) is 0.230. The highest BCUT2D eigenvalue weighted by Gasteiger charge is 2.47. The molecule has 1 aliphatic heterocycles. The Hall–Kier alpha value is -1.71. The minimum absolute atomic E-state index is 0.230. The van der Waals surface area contributed by atoms with Gasteiger partial charge in [0.15, 0.2) is 11.5 Å². The van der Waals surface area contributed by atoms with Crippen molar-refractivity contribution in [2.75, 3.05) is 0 Å². The van der Waals surface area contributed by atoms with E-state index in [1.165, 1.54) is 12.1 Å². The van der Waals surface area contributed by atoms with Crippen LogP contribution in [-0.4, -0.2) is 16.9 Å². The molecule has 0 radical (unpaired) electrons. The summed E-state index contributed by atoms with van der Waals surface area (Å²) in [7, 11) is 0. The van der Waals surface area contributed by atoms with Gasteiger partial charge in [-0.3, -0.25) is 0 Å². The molecule has 1 heterocycles. The van der Waals surface area contributed by atoms with Gasteiger partial charge in [-0.2, -0.15) is 0 Å². The van der Waals surface area contributed by atoms with Gasteiger partial charge >= 0.3 is 5.97 Å². The van der Waals surface area contributed by atoms with Crippen molar-refractivity contribution in [2.45, 2.75) is 25.0 Å². The molecule has 0 bridgehead atoms. The Labute approximate surface area is 86.4 Å². The molecule has 0 aromatic heterocycles. The maximum Gasteiger partial charge on any atom is 0.335 e. The summed E-state index contributed by atoms with van der Waals surface area (Å²) in [4.78, 5) is 10.7. The number of hydrogen-bond acceptors (Lipinski definition) is 3. The van der Waals surface area contributed by atoms with Gasteiger partial charge in [0.05, 0.1) is 5.56 Å². The van der Waals surface area contributed by atoms with Gasteiger partial charge < -0.3 is 14.6 Å². The second-order valence-electron chi connectivity index (χ2n) is 3.94. The molecule has 3 rings (SSSR count). The molecule has 1 aromatic rings. The lowest BCUT2D eigenvalue weighted by Gasteiger charge is -2.35. The van der Waals surface area contributed by atoms with E-state index >= 15 is 0 Å². The number of fused-ring (bicyclic) bond motifs is 1. The van der Waals surface area contributed by atoms with Crippen LogP contribution < -0.4 is 9.47 Å². The average Bonchev–Trinajstić information content (AvgIpc) is 2.54. The SMILES string of the molecule is O=C(O)c1ccc2c(c1)OC1(CCC1)O2. The molecule has 2 aliphatic rings. The highest BCUT2D eigenvalue weighted by molar-refractivity contribution is 5.88. The van der Waals surface area contributed by atoms with Crippen molar-refractivity contribution in [3.63, 3.8) is 0 Å². The number of benzene rings is 1. The minimum atomic E-state index is -0.948. The third-order valence-electron chi connectivity index (χ3n) is 2.90. The third kappa shape index (κ3) is 1.17. The Bertz CT molecular complexity index is 434. The molecule has 1 aliphatic carbocycles. The Morgan fingerprint density at radius 3 is 2.60 bits per heavy atom. The van der Waals surface area contributed by atoms with E-state index in [0.717, 1.165) is 19.3 Å². The van der Waals surface area contributed by atoms with E-state index in [9.17, 15) is 4.79 Å². The fourth-order valence-electron chi connectivity index (χ4n) is 1.90. The number of carboxylic acids is 1. The highest BCUT2D eigenvalue weighted by Crippen LogP contribution is 2.48. The molecule has 0 unspecified atom stereocenters. The Kier molecular flexibility index (Phi) is 1.52. The first-order chi connectivity index (χ1) is 7.19. The van der Waals surface area contributed by atoms with Crippen LogP contribution in [0.4, 0.5) is 0 Å². The monoisotopic (exact) mass is 206 g/mol. The molecule has 15 heavy (non-hydrogen) atoms. The highest BCUT2D eigenvalue weighted by atomic mass is 16.7. The van der Waals surface area contributed by atoms with Crippen molar-refractivity contribution in [2.24, 2.45) is 0 Å². The average molecular weight is 206 g/mol. The zero-order chi connectivity index (χ0) is 10.5. The number of ether oxygens (including phenoxy) is 2. The Morgan fingerprint density at radius 2 is 2.00 bits per heavy atom. The van der Waals surface area contributed by atoms with E-state index < -0.39 is 11.8 Å². The Morgan fingerprint density at radius 1 is 1.27 bits per heavy atom. The van der Waals surface area contributed by atoms with Crippen molar-refractivity contribution in [3.05, 3.63) is 23.8 Å². The van der Waals surface area contributed by atoms with Gasteiger partial charge in [-0.25, -0.2) is 4.79 Å².